The molecule has 0 atom stereocenters. The lowest BCUT2D eigenvalue weighted by molar-refractivity contribution is 1.11. The Morgan fingerprint density at radius 2 is 1.39 bits per heavy atom. The van der Waals surface area contributed by atoms with Crippen molar-refractivity contribution in [1.82, 2.24) is 0 Å². The fourth-order valence-corrected chi connectivity index (χ4v) is 2.27. The molecule has 1 nitrogen and oxygen atoms in total. The maximum atomic E-state index is 3.58. The third kappa shape index (κ3) is 2.56. The third-order valence-corrected chi connectivity index (χ3v) is 3.68. The van der Waals surface area contributed by atoms with Crippen LogP contribution < -0.4 is 5.32 Å². The zero-order valence-corrected chi connectivity index (χ0v) is 11.7. The van der Waals surface area contributed by atoms with Crippen LogP contribution in [0, 0.1) is 27.7 Å². The molecule has 18 heavy (non-hydrogen) atoms. The van der Waals surface area contributed by atoms with E-state index < -0.39 is 0 Å². The van der Waals surface area contributed by atoms with Crippen molar-refractivity contribution >= 4 is 5.69 Å². The number of hydrogen-bond acceptors (Lipinski definition) is 1. The van der Waals surface area contributed by atoms with Gasteiger partial charge in [-0.3, -0.25) is 0 Å². The third-order valence-electron chi connectivity index (χ3n) is 3.68. The summed E-state index contributed by atoms with van der Waals surface area (Å²) in [4.78, 5) is 0. The minimum absolute atomic E-state index is 0.880. The number of hydrogen-bond donors (Lipinski definition) is 1. The van der Waals surface area contributed by atoms with Crippen LogP contribution in [0.25, 0.3) is 0 Å². The van der Waals surface area contributed by atoms with E-state index in [-0.39, 0.29) is 0 Å². The van der Waals surface area contributed by atoms with Crippen molar-refractivity contribution in [2.24, 2.45) is 0 Å². The summed E-state index contributed by atoms with van der Waals surface area (Å²) >= 11 is 0. The van der Waals surface area contributed by atoms with Gasteiger partial charge < -0.3 is 5.32 Å². The second kappa shape index (κ2) is 5.26. The Morgan fingerprint density at radius 3 is 1.94 bits per heavy atom. The summed E-state index contributed by atoms with van der Waals surface area (Å²) in [6.45, 7) is 9.61. The quantitative estimate of drug-likeness (QED) is 0.829. The average molecular weight is 239 g/mol. The van der Waals surface area contributed by atoms with Crippen molar-refractivity contribution in [3.05, 3.63) is 64.2 Å². The molecular weight excluding hydrogens is 218 g/mol. The number of anilines is 1. The lowest BCUT2D eigenvalue weighted by Crippen LogP contribution is -2.05. The second-order valence-electron chi connectivity index (χ2n) is 4.97. The molecule has 0 radical (unpaired) electrons. The SMILES string of the molecule is Cc1cc(C)c(C)c(NCc2ccccc2)c1C. The van der Waals surface area contributed by atoms with E-state index in [1.165, 1.54) is 33.5 Å². The molecule has 0 aromatic heterocycles. The van der Waals surface area contributed by atoms with Gasteiger partial charge in [-0.25, -0.2) is 0 Å². The van der Waals surface area contributed by atoms with E-state index in [1.807, 2.05) is 0 Å². The minimum atomic E-state index is 0.880. The molecule has 0 amide bonds. The Bertz CT molecular complexity index is 515. The zero-order valence-electron chi connectivity index (χ0n) is 11.7. The summed E-state index contributed by atoms with van der Waals surface area (Å²) < 4.78 is 0. The van der Waals surface area contributed by atoms with Gasteiger partial charge in [-0.2, -0.15) is 0 Å². The maximum Gasteiger partial charge on any atom is 0.0407 e. The first-order chi connectivity index (χ1) is 8.59. The van der Waals surface area contributed by atoms with Crippen LogP contribution in [0.2, 0.25) is 0 Å². The van der Waals surface area contributed by atoms with Gasteiger partial charge in [0, 0.05) is 12.2 Å². The highest BCUT2D eigenvalue weighted by Gasteiger charge is 2.07. The molecule has 1 heteroatoms. The number of aryl methyl sites for hydroxylation is 2. The molecule has 0 aliphatic carbocycles. The van der Waals surface area contributed by atoms with Crippen LogP contribution in [0.3, 0.4) is 0 Å². The van der Waals surface area contributed by atoms with Gasteiger partial charge in [0.1, 0.15) is 0 Å². The molecule has 2 aromatic rings. The molecule has 2 aromatic carbocycles. The van der Waals surface area contributed by atoms with E-state index >= 15 is 0 Å². The molecule has 0 saturated heterocycles. The van der Waals surface area contributed by atoms with E-state index in [9.17, 15) is 0 Å². The van der Waals surface area contributed by atoms with Crippen LogP contribution in [-0.2, 0) is 6.54 Å². The Balaban J connectivity index is 2.24. The Kier molecular flexibility index (Phi) is 3.71. The molecule has 0 saturated carbocycles. The number of benzene rings is 2. The summed E-state index contributed by atoms with van der Waals surface area (Å²) in [5, 5.41) is 3.58. The summed E-state index contributed by atoms with van der Waals surface area (Å²) in [6, 6.07) is 12.8. The molecular formula is C17H21N. The molecule has 0 spiro atoms. The standard InChI is InChI=1S/C17H21N/c1-12-10-13(2)15(4)17(14(12)3)18-11-16-8-6-5-7-9-16/h5-10,18H,11H2,1-4H3. The van der Waals surface area contributed by atoms with Gasteiger partial charge >= 0.3 is 0 Å². The Morgan fingerprint density at radius 1 is 0.833 bits per heavy atom. The second-order valence-corrected chi connectivity index (χ2v) is 4.97. The van der Waals surface area contributed by atoms with Crippen molar-refractivity contribution in [1.29, 1.82) is 0 Å². The van der Waals surface area contributed by atoms with Gasteiger partial charge in [-0.05, 0) is 55.5 Å². The minimum Gasteiger partial charge on any atom is -0.381 e. The molecule has 0 fully saturated rings. The first-order valence-corrected chi connectivity index (χ1v) is 6.45. The van der Waals surface area contributed by atoms with Crippen molar-refractivity contribution in [3.63, 3.8) is 0 Å². The van der Waals surface area contributed by atoms with Gasteiger partial charge in [-0.15, -0.1) is 0 Å². The highest BCUT2D eigenvalue weighted by molar-refractivity contribution is 5.62. The lowest BCUT2D eigenvalue weighted by atomic mass is 9.98. The fraction of sp³-hybridized carbons (Fsp3) is 0.294. The van der Waals surface area contributed by atoms with Gasteiger partial charge in [0.15, 0.2) is 0 Å². The Labute approximate surface area is 110 Å². The molecule has 0 aliphatic heterocycles. The molecule has 0 aliphatic rings. The van der Waals surface area contributed by atoms with Crippen LogP contribution in [0.15, 0.2) is 36.4 Å². The summed E-state index contributed by atoms with van der Waals surface area (Å²) in [6.07, 6.45) is 0. The van der Waals surface area contributed by atoms with Gasteiger partial charge in [0.2, 0.25) is 0 Å². The van der Waals surface area contributed by atoms with Gasteiger partial charge in [0.25, 0.3) is 0 Å². The van der Waals surface area contributed by atoms with Crippen molar-refractivity contribution in [3.8, 4) is 0 Å². The van der Waals surface area contributed by atoms with Crippen molar-refractivity contribution < 1.29 is 0 Å². The predicted octanol–water partition coefficient (Wildman–Crippen LogP) is 4.53. The zero-order chi connectivity index (χ0) is 13.1. The lowest BCUT2D eigenvalue weighted by Gasteiger charge is -2.17. The van der Waals surface area contributed by atoms with E-state index in [2.05, 4.69) is 69.4 Å². The van der Waals surface area contributed by atoms with Crippen molar-refractivity contribution in [2.75, 3.05) is 5.32 Å². The molecule has 1 N–H and O–H groups in total. The predicted molar refractivity (Wildman–Crippen MR) is 79.2 cm³/mol. The number of nitrogens with one attached hydrogen (secondary N) is 1. The van der Waals surface area contributed by atoms with Crippen LogP contribution in [0.4, 0.5) is 5.69 Å². The average Bonchev–Trinajstić information content (AvgIpc) is 2.38. The molecule has 0 unspecified atom stereocenters. The van der Waals surface area contributed by atoms with Crippen LogP contribution >= 0.6 is 0 Å². The molecule has 0 heterocycles. The van der Waals surface area contributed by atoms with Crippen LogP contribution in [0.5, 0.6) is 0 Å². The topological polar surface area (TPSA) is 12.0 Å². The van der Waals surface area contributed by atoms with E-state index in [1.54, 1.807) is 0 Å². The smallest absolute Gasteiger partial charge is 0.0407 e. The van der Waals surface area contributed by atoms with Gasteiger partial charge in [0.05, 0.1) is 0 Å². The highest BCUT2D eigenvalue weighted by atomic mass is 14.9. The highest BCUT2D eigenvalue weighted by Crippen LogP contribution is 2.26. The van der Waals surface area contributed by atoms with E-state index in [4.69, 9.17) is 0 Å². The largest absolute Gasteiger partial charge is 0.381 e. The van der Waals surface area contributed by atoms with Crippen molar-refractivity contribution in [2.45, 2.75) is 34.2 Å². The monoisotopic (exact) mass is 239 g/mol. The first-order valence-electron chi connectivity index (χ1n) is 6.45. The molecule has 94 valence electrons. The first kappa shape index (κ1) is 12.7. The molecule has 0 bridgehead atoms. The summed E-state index contributed by atoms with van der Waals surface area (Å²) in [7, 11) is 0. The summed E-state index contributed by atoms with van der Waals surface area (Å²) in [5.74, 6) is 0. The van der Waals surface area contributed by atoms with Crippen LogP contribution in [0.1, 0.15) is 27.8 Å². The fourth-order valence-electron chi connectivity index (χ4n) is 2.27. The summed E-state index contributed by atoms with van der Waals surface area (Å²) in [5.41, 5.74) is 8.03. The van der Waals surface area contributed by atoms with Gasteiger partial charge in [-0.1, -0.05) is 36.4 Å². The van der Waals surface area contributed by atoms with E-state index in [0.29, 0.717) is 0 Å². The normalized spacial score (nSPS) is 10.4. The number of rotatable bonds is 3. The molecule has 2 rings (SSSR count). The maximum absolute atomic E-state index is 3.58. The Hall–Kier alpha value is -1.76. The van der Waals surface area contributed by atoms with E-state index in [0.717, 1.165) is 6.54 Å². The van der Waals surface area contributed by atoms with Crippen LogP contribution in [-0.4, -0.2) is 0 Å².